The van der Waals surface area contributed by atoms with Crippen LogP contribution in [-0.4, -0.2) is 18.0 Å². The number of methoxy groups -OCH3 is 1. The van der Waals surface area contributed by atoms with Crippen LogP contribution in [0.5, 0.6) is 11.5 Å². The first-order chi connectivity index (χ1) is 14.2. The number of benzene rings is 2. The molecule has 0 heterocycles. The second-order valence-corrected chi connectivity index (χ2v) is 7.81. The molecule has 2 aromatic rings. The molecular weight excluding hydrogens is 360 g/mol. The zero-order valence-electron chi connectivity index (χ0n) is 18.1. The summed E-state index contributed by atoms with van der Waals surface area (Å²) in [4.78, 5) is 13.0. The Morgan fingerprint density at radius 3 is 2.03 bits per heavy atom. The Kier molecular flexibility index (Phi) is 10.3. The number of carbonyl (C=O) groups is 1. The van der Waals surface area contributed by atoms with Crippen LogP contribution in [-0.2, 0) is 6.42 Å². The van der Waals surface area contributed by atoms with Crippen LogP contribution in [0.3, 0.4) is 0 Å². The van der Waals surface area contributed by atoms with Gasteiger partial charge < -0.3 is 9.84 Å². The predicted molar refractivity (Wildman–Crippen MR) is 120 cm³/mol. The highest BCUT2D eigenvalue weighted by atomic mass is 16.5. The van der Waals surface area contributed by atoms with E-state index >= 15 is 0 Å². The number of phenolic OH excluding ortho intramolecular Hbond substituents is 1. The van der Waals surface area contributed by atoms with Gasteiger partial charge in [0.2, 0.25) is 0 Å². The molecule has 0 bridgehead atoms. The van der Waals surface area contributed by atoms with Crippen LogP contribution in [0.2, 0.25) is 0 Å². The maximum absolute atomic E-state index is 13.0. The lowest BCUT2D eigenvalue weighted by Gasteiger charge is -2.13. The number of aryl methyl sites for hydroxylation is 1. The van der Waals surface area contributed by atoms with Gasteiger partial charge in [0.25, 0.3) is 0 Å². The fourth-order valence-electron chi connectivity index (χ4n) is 3.77. The molecule has 0 spiro atoms. The van der Waals surface area contributed by atoms with E-state index in [1.165, 1.54) is 57.4 Å². The standard InChI is InChI=1S/C26H36O3/c1-3-4-5-6-7-8-9-10-11-13-18-22-19-23(29-2)20-24(27)25(22)26(28)21-16-14-12-15-17-21/h12,14-17,19-20,27H,3-11,13,18H2,1-2H3. The third kappa shape index (κ3) is 7.56. The molecule has 0 saturated heterocycles. The second-order valence-electron chi connectivity index (χ2n) is 7.81. The van der Waals surface area contributed by atoms with Gasteiger partial charge in [-0.25, -0.2) is 0 Å². The minimum absolute atomic E-state index is 0.000261. The average Bonchev–Trinajstić information content (AvgIpc) is 2.75. The zero-order chi connectivity index (χ0) is 20.9. The molecule has 0 atom stereocenters. The van der Waals surface area contributed by atoms with Gasteiger partial charge in [0.05, 0.1) is 12.7 Å². The monoisotopic (exact) mass is 396 g/mol. The Morgan fingerprint density at radius 2 is 1.45 bits per heavy atom. The number of rotatable bonds is 14. The number of hydrogen-bond acceptors (Lipinski definition) is 3. The highest BCUT2D eigenvalue weighted by molar-refractivity contribution is 6.11. The summed E-state index contributed by atoms with van der Waals surface area (Å²) in [6.45, 7) is 2.25. The molecule has 0 fully saturated rings. The molecule has 2 rings (SSSR count). The number of carbonyl (C=O) groups excluding carboxylic acids is 1. The quantitative estimate of drug-likeness (QED) is 0.274. The van der Waals surface area contributed by atoms with E-state index in [0.29, 0.717) is 16.9 Å². The van der Waals surface area contributed by atoms with Crippen LogP contribution in [0.25, 0.3) is 0 Å². The second kappa shape index (κ2) is 13.0. The number of aromatic hydroxyl groups is 1. The lowest BCUT2D eigenvalue weighted by molar-refractivity contribution is 0.103. The van der Waals surface area contributed by atoms with Crippen molar-refractivity contribution in [2.24, 2.45) is 0 Å². The Bertz CT molecular complexity index is 737. The van der Waals surface area contributed by atoms with Crippen LogP contribution in [0.4, 0.5) is 0 Å². The van der Waals surface area contributed by atoms with Gasteiger partial charge in [0.1, 0.15) is 11.5 Å². The fraction of sp³-hybridized carbons (Fsp3) is 0.500. The molecule has 3 nitrogen and oxygen atoms in total. The third-order valence-corrected chi connectivity index (χ3v) is 5.47. The predicted octanol–water partition coefficient (Wildman–Crippen LogP) is 7.10. The molecule has 0 amide bonds. The summed E-state index contributed by atoms with van der Waals surface area (Å²) < 4.78 is 5.30. The van der Waals surface area contributed by atoms with Gasteiger partial charge in [0, 0.05) is 11.6 Å². The van der Waals surface area contributed by atoms with Crippen molar-refractivity contribution in [3.8, 4) is 11.5 Å². The first-order valence-electron chi connectivity index (χ1n) is 11.2. The lowest BCUT2D eigenvalue weighted by Crippen LogP contribution is -2.07. The maximum Gasteiger partial charge on any atom is 0.197 e. The summed E-state index contributed by atoms with van der Waals surface area (Å²) in [7, 11) is 1.58. The van der Waals surface area contributed by atoms with E-state index in [4.69, 9.17) is 4.74 Å². The van der Waals surface area contributed by atoms with Crippen molar-refractivity contribution < 1.29 is 14.6 Å². The minimum Gasteiger partial charge on any atom is -0.507 e. The van der Waals surface area contributed by atoms with Crippen LogP contribution >= 0.6 is 0 Å². The number of hydrogen-bond donors (Lipinski definition) is 1. The Balaban J connectivity index is 1.90. The summed E-state index contributed by atoms with van der Waals surface area (Å²) in [5.41, 5.74) is 1.88. The molecular formula is C26H36O3. The van der Waals surface area contributed by atoms with E-state index in [1.54, 1.807) is 19.2 Å². The smallest absolute Gasteiger partial charge is 0.197 e. The number of phenols is 1. The van der Waals surface area contributed by atoms with Gasteiger partial charge in [0.15, 0.2) is 5.78 Å². The Hall–Kier alpha value is -2.29. The van der Waals surface area contributed by atoms with E-state index < -0.39 is 0 Å². The first kappa shape index (κ1) is 23.0. The van der Waals surface area contributed by atoms with Gasteiger partial charge in [-0.3, -0.25) is 4.79 Å². The van der Waals surface area contributed by atoms with Crippen molar-refractivity contribution >= 4 is 5.78 Å². The van der Waals surface area contributed by atoms with Crippen LogP contribution in [0, 0.1) is 0 Å². The molecule has 0 unspecified atom stereocenters. The van der Waals surface area contributed by atoms with E-state index in [2.05, 4.69) is 6.92 Å². The number of unbranched alkanes of at least 4 members (excludes halogenated alkanes) is 9. The molecule has 0 radical (unpaired) electrons. The van der Waals surface area contributed by atoms with Crippen LogP contribution < -0.4 is 4.74 Å². The SMILES string of the molecule is CCCCCCCCCCCCc1cc(OC)cc(O)c1C(=O)c1ccccc1. The van der Waals surface area contributed by atoms with E-state index in [-0.39, 0.29) is 11.5 Å². The molecule has 2 aromatic carbocycles. The largest absolute Gasteiger partial charge is 0.507 e. The molecule has 29 heavy (non-hydrogen) atoms. The maximum atomic E-state index is 13.0. The molecule has 0 aliphatic heterocycles. The first-order valence-corrected chi connectivity index (χ1v) is 11.2. The third-order valence-electron chi connectivity index (χ3n) is 5.47. The zero-order valence-corrected chi connectivity index (χ0v) is 18.1. The van der Waals surface area contributed by atoms with Crippen LogP contribution in [0.1, 0.15) is 92.6 Å². The van der Waals surface area contributed by atoms with Crippen molar-refractivity contribution in [1.29, 1.82) is 0 Å². The fourth-order valence-corrected chi connectivity index (χ4v) is 3.77. The molecule has 1 N–H and O–H groups in total. The number of ether oxygens (including phenoxy) is 1. The van der Waals surface area contributed by atoms with Crippen molar-refractivity contribution in [2.45, 2.75) is 77.6 Å². The van der Waals surface area contributed by atoms with Crippen molar-refractivity contribution in [2.75, 3.05) is 7.11 Å². The average molecular weight is 397 g/mol. The van der Waals surface area contributed by atoms with E-state index in [9.17, 15) is 9.90 Å². The van der Waals surface area contributed by atoms with Crippen molar-refractivity contribution in [3.63, 3.8) is 0 Å². The van der Waals surface area contributed by atoms with Gasteiger partial charge in [-0.2, -0.15) is 0 Å². The topological polar surface area (TPSA) is 46.5 Å². The summed E-state index contributed by atoms with van der Waals surface area (Å²) in [6.07, 6.45) is 13.5. The highest BCUT2D eigenvalue weighted by Crippen LogP contribution is 2.31. The Morgan fingerprint density at radius 1 is 0.862 bits per heavy atom. The summed E-state index contributed by atoms with van der Waals surface area (Å²) in [5, 5.41) is 10.5. The van der Waals surface area contributed by atoms with Gasteiger partial charge in [-0.15, -0.1) is 0 Å². The summed E-state index contributed by atoms with van der Waals surface area (Å²) in [5.74, 6) is 0.460. The van der Waals surface area contributed by atoms with Crippen molar-refractivity contribution in [3.05, 3.63) is 59.2 Å². The lowest BCUT2D eigenvalue weighted by atomic mass is 9.93. The molecule has 0 aromatic heterocycles. The molecule has 3 heteroatoms. The Labute approximate surface area is 176 Å². The van der Waals surface area contributed by atoms with E-state index in [1.807, 2.05) is 24.3 Å². The number of ketones is 1. The summed E-state index contributed by atoms with van der Waals surface area (Å²) in [6, 6.07) is 12.6. The molecule has 0 aliphatic carbocycles. The molecule has 0 aliphatic rings. The minimum atomic E-state index is -0.132. The molecule has 158 valence electrons. The van der Waals surface area contributed by atoms with Gasteiger partial charge in [-0.05, 0) is 24.5 Å². The van der Waals surface area contributed by atoms with Gasteiger partial charge in [-0.1, -0.05) is 95.0 Å². The van der Waals surface area contributed by atoms with E-state index in [0.717, 1.165) is 24.8 Å². The highest BCUT2D eigenvalue weighted by Gasteiger charge is 2.19. The van der Waals surface area contributed by atoms with Crippen molar-refractivity contribution in [1.82, 2.24) is 0 Å². The normalized spacial score (nSPS) is 10.8. The summed E-state index contributed by atoms with van der Waals surface area (Å²) >= 11 is 0. The van der Waals surface area contributed by atoms with Gasteiger partial charge >= 0.3 is 0 Å². The van der Waals surface area contributed by atoms with Crippen LogP contribution in [0.15, 0.2) is 42.5 Å². The molecule has 0 saturated carbocycles.